The first-order chi connectivity index (χ1) is 9.30. The van der Waals surface area contributed by atoms with Crippen molar-refractivity contribution in [1.82, 2.24) is 24.5 Å². The van der Waals surface area contributed by atoms with Crippen LogP contribution in [0.2, 0.25) is 0 Å². The highest BCUT2D eigenvalue weighted by Gasteiger charge is 2.33. The third-order valence-electron chi connectivity index (χ3n) is 3.16. The molecule has 2 heterocycles. The van der Waals surface area contributed by atoms with Crippen molar-refractivity contribution >= 4 is 21.8 Å². The van der Waals surface area contributed by atoms with Crippen molar-refractivity contribution in [3.63, 3.8) is 0 Å². The number of nitrogens with zero attached hydrogens (tertiary/aromatic N) is 5. The summed E-state index contributed by atoms with van der Waals surface area (Å²) in [6, 6.07) is 1.90. The molecule has 0 atom stereocenters. The summed E-state index contributed by atoms with van der Waals surface area (Å²) in [4.78, 5) is 14.3. The number of carbonyl (C=O) groups is 1. The van der Waals surface area contributed by atoms with Crippen LogP contribution < -0.4 is 0 Å². The van der Waals surface area contributed by atoms with E-state index in [4.69, 9.17) is 0 Å². The zero-order valence-corrected chi connectivity index (χ0v) is 13.6. The van der Waals surface area contributed by atoms with Crippen LogP contribution in [0.15, 0.2) is 29.1 Å². The van der Waals surface area contributed by atoms with Crippen LogP contribution in [0.4, 0.5) is 0 Å². The molecule has 2 aromatic rings. The van der Waals surface area contributed by atoms with Crippen LogP contribution >= 0.6 is 15.9 Å². The van der Waals surface area contributed by atoms with Gasteiger partial charge in [0.2, 0.25) is 5.91 Å². The monoisotopic (exact) mass is 339 g/mol. The number of likely N-dealkylation sites (N-methyl/N-ethyl adjacent to an activating group) is 1. The molecule has 0 spiro atoms. The van der Waals surface area contributed by atoms with Gasteiger partial charge in [-0.05, 0) is 35.8 Å². The Morgan fingerprint density at radius 3 is 2.70 bits per heavy atom. The van der Waals surface area contributed by atoms with E-state index in [0.29, 0.717) is 6.54 Å². The van der Waals surface area contributed by atoms with Gasteiger partial charge in [0.1, 0.15) is 5.54 Å². The molecule has 7 heteroatoms. The smallest absolute Gasteiger partial charge is 0.250 e. The van der Waals surface area contributed by atoms with Crippen LogP contribution in [0.3, 0.4) is 0 Å². The molecule has 0 radical (unpaired) electrons. The third-order valence-corrected chi connectivity index (χ3v) is 3.57. The average Bonchev–Trinajstić information content (AvgIpc) is 2.97. The Morgan fingerprint density at radius 1 is 1.50 bits per heavy atom. The third kappa shape index (κ3) is 2.92. The molecular formula is C13H18BrN5O. The summed E-state index contributed by atoms with van der Waals surface area (Å²) < 4.78 is 4.24. The predicted molar refractivity (Wildman–Crippen MR) is 78.9 cm³/mol. The molecule has 0 N–H and O–H groups in total. The van der Waals surface area contributed by atoms with Gasteiger partial charge in [-0.15, -0.1) is 0 Å². The first kappa shape index (κ1) is 14.8. The topological polar surface area (TPSA) is 56.0 Å². The molecule has 0 aliphatic heterocycles. The van der Waals surface area contributed by atoms with E-state index >= 15 is 0 Å². The van der Waals surface area contributed by atoms with Gasteiger partial charge in [0, 0.05) is 26.5 Å². The second-order valence-corrected chi connectivity index (χ2v) is 6.22. The Hall–Kier alpha value is -1.63. The lowest BCUT2D eigenvalue weighted by atomic mass is 10.0. The van der Waals surface area contributed by atoms with Crippen LogP contribution in [0.25, 0.3) is 0 Å². The highest BCUT2D eigenvalue weighted by atomic mass is 79.9. The number of halogens is 1. The molecule has 1 amide bonds. The SMILES string of the molecule is CN(Cc1ccn(C)n1)C(=O)C(C)(C)n1cc(Br)cn1. The van der Waals surface area contributed by atoms with Crippen LogP contribution in [0.5, 0.6) is 0 Å². The van der Waals surface area contributed by atoms with E-state index < -0.39 is 5.54 Å². The summed E-state index contributed by atoms with van der Waals surface area (Å²) >= 11 is 3.35. The van der Waals surface area contributed by atoms with E-state index in [0.717, 1.165) is 10.2 Å². The van der Waals surface area contributed by atoms with Crippen LogP contribution in [-0.2, 0) is 23.9 Å². The number of carbonyl (C=O) groups excluding carboxylic acids is 1. The van der Waals surface area contributed by atoms with Crippen molar-refractivity contribution in [3.8, 4) is 0 Å². The maximum atomic E-state index is 12.6. The fourth-order valence-electron chi connectivity index (χ4n) is 2.03. The molecule has 0 saturated carbocycles. The van der Waals surface area contributed by atoms with Gasteiger partial charge in [-0.2, -0.15) is 10.2 Å². The van der Waals surface area contributed by atoms with Gasteiger partial charge in [-0.1, -0.05) is 0 Å². The van der Waals surface area contributed by atoms with E-state index in [1.807, 2.05) is 33.2 Å². The average molecular weight is 340 g/mol. The Balaban J connectivity index is 2.13. The zero-order valence-electron chi connectivity index (χ0n) is 12.0. The predicted octanol–water partition coefficient (Wildman–Crippen LogP) is 1.77. The van der Waals surface area contributed by atoms with Crippen molar-refractivity contribution in [3.05, 3.63) is 34.8 Å². The largest absolute Gasteiger partial charge is 0.338 e. The second-order valence-electron chi connectivity index (χ2n) is 5.30. The van der Waals surface area contributed by atoms with Gasteiger partial charge in [0.25, 0.3) is 0 Å². The standard InChI is InChI=1S/C13H18BrN5O/c1-13(2,19-8-10(14)7-15-19)12(20)17(3)9-11-5-6-18(4)16-11/h5-8H,9H2,1-4H3. The number of hydrogen-bond donors (Lipinski definition) is 0. The lowest BCUT2D eigenvalue weighted by Crippen LogP contribution is -2.45. The molecule has 6 nitrogen and oxygen atoms in total. The molecule has 0 aromatic carbocycles. The number of aromatic nitrogens is 4. The molecule has 0 bridgehead atoms. The lowest BCUT2D eigenvalue weighted by Gasteiger charge is -2.29. The zero-order chi connectivity index (χ0) is 14.9. The van der Waals surface area contributed by atoms with Crippen molar-refractivity contribution in [2.75, 3.05) is 7.05 Å². The van der Waals surface area contributed by atoms with Gasteiger partial charge in [-0.3, -0.25) is 14.2 Å². The molecule has 0 aliphatic rings. The molecule has 0 fully saturated rings. The van der Waals surface area contributed by atoms with Gasteiger partial charge >= 0.3 is 0 Å². The van der Waals surface area contributed by atoms with Crippen LogP contribution in [0.1, 0.15) is 19.5 Å². The van der Waals surface area contributed by atoms with Crippen molar-refractivity contribution in [2.45, 2.75) is 25.9 Å². The molecule has 0 unspecified atom stereocenters. The molecular weight excluding hydrogens is 322 g/mol. The summed E-state index contributed by atoms with van der Waals surface area (Å²) in [5, 5.41) is 8.49. The lowest BCUT2D eigenvalue weighted by molar-refractivity contribution is -0.139. The molecule has 2 aromatic heterocycles. The summed E-state index contributed by atoms with van der Waals surface area (Å²) in [5.41, 5.74) is 0.121. The summed E-state index contributed by atoms with van der Waals surface area (Å²) in [6.45, 7) is 4.18. The van der Waals surface area contributed by atoms with Crippen molar-refractivity contribution in [1.29, 1.82) is 0 Å². The first-order valence-corrected chi connectivity index (χ1v) is 7.05. The Bertz CT molecular complexity index is 616. The minimum absolute atomic E-state index is 0.0150. The maximum Gasteiger partial charge on any atom is 0.250 e. The minimum Gasteiger partial charge on any atom is -0.338 e. The normalized spacial score (nSPS) is 11.7. The Labute approximate surface area is 126 Å². The Kier molecular flexibility index (Phi) is 3.99. The fourth-order valence-corrected chi connectivity index (χ4v) is 2.32. The van der Waals surface area contributed by atoms with Gasteiger partial charge in [-0.25, -0.2) is 0 Å². The van der Waals surface area contributed by atoms with E-state index in [-0.39, 0.29) is 5.91 Å². The number of aryl methyl sites for hydroxylation is 1. The summed E-state index contributed by atoms with van der Waals surface area (Å²) in [5.74, 6) is -0.0150. The molecule has 108 valence electrons. The van der Waals surface area contributed by atoms with E-state index in [2.05, 4.69) is 26.1 Å². The van der Waals surface area contributed by atoms with Crippen LogP contribution in [0, 0.1) is 0 Å². The minimum atomic E-state index is -0.741. The highest BCUT2D eigenvalue weighted by molar-refractivity contribution is 9.10. The highest BCUT2D eigenvalue weighted by Crippen LogP contribution is 2.20. The van der Waals surface area contributed by atoms with Crippen LogP contribution in [-0.4, -0.2) is 37.4 Å². The quantitative estimate of drug-likeness (QED) is 0.852. The van der Waals surface area contributed by atoms with E-state index in [1.54, 1.807) is 33.7 Å². The summed E-state index contributed by atoms with van der Waals surface area (Å²) in [6.07, 6.45) is 5.34. The summed E-state index contributed by atoms with van der Waals surface area (Å²) in [7, 11) is 3.63. The van der Waals surface area contributed by atoms with Gasteiger partial charge < -0.3 is 4.90 Å². The van der Waals surface area contributed by atoms with Crippen molar-refractivity contribution in [2.24, 2.45) is 7.05 Å². The fraction of sp³-hybridized carbons (Fsp3) is 0.462. The molecule has 2 rings (SSSR count). The maximum absolute atomic E-state index is 12.6. The molecule has 20 heavy (non-hydrogen) atoms. The van der Waals surface area contributed by atoms with Gasteiger partial charge in [0.15, 0.2) is 0 Å². The van der Waals surface area contributed by atoms with Crippen molar-refractivity contribution < 1.29 is 4.79 Å². The first-order valence-electron chi connectivity index (χ1n) is 6.25. The number of hydrogen-bond acceptors (Lipinski definition) is 3. The number of amides is 1. The molecule has 0 saturated heterocycles. The number of rotatable bonds is 4. The van der Waals surface area contributed by atoms with E-state index in [1.165, 1.54) is 0 Å². The van der Waals surface area contributed by atoms with Gasteiger partial charge in [0.05, 0.1) is 22.9 Å². The second kappa shape index (κ2) is 5.40. The van der Waals surface area contributed by atoms with E-state index in [9.17, 15) is 4.79 Å². The Morgan fingerprint density at radius 2 is 2.20 bits per heavy atom. The molecule has 0 aliphatic carbocycles.